The van der Waals surface area contributed by atoms with Crippen molar-refractivity contribution in [1.29, 1.82) is 0 Å². The second-order valence-electron chi connectivity index (χ2n) is 6.16. The van der Waals surface area contributed by atoms with Gasteiger partial charge in [0.15, 0.2) is 17.8 Å². The number of aromatic nitrogens is 3. The van der Waals surface area contributed by atoms with Crippen LogP contribution in [-0.4, -0.2) is 14.8 Å². The summed E-state index contributed by atoms with van der Waals surface area (Å²) in [5.41, 5.74) is 0.924. The monoisotopic (exact) mass is 289 g/mol. The second kappa shape index (κ2) is 4.61. The number of allylic oxidation sites excluding steroid dienone is 5. The van der Waals surface area contributed by atoms with Gasteiger partial charge in [0.1, 0.15) is 5.83 Å². The molecule has 0 spiro atoms. The zero-order valence-electron chi connectivity index (χ0n) is 11.7. The zero-order chi connectivity index (χ0) is 14.6. The standard InChI is InChI=1S/C16H17F2N3/c1-9(10-2-3-10)15-19-16-13(18)8-14(21(16)20-15)11-4-6-12(17)7-5-11/h4,6-7,10-11,13-14H,1-3,5,8H2/t11?,13-,14-/m0/s1. The van der Waals surface area contributed by atoms with Gasteiger partial charge in [0.2, 0.25) is 0 Å². The van der Waals surface area contributed by atoms with Crippen molar-refractivity contribution < 1.29 is 8.78 Å². The Labute approximate surface area is 122 Å². The van der Waals surface area contributed by atoms with Gasteiger partial charge >= 0.3 is 0 Å². The first-order chi connectivity index (χ1) is 10.1. The molecule has 0 aromatic carbocycles. The summed E-state index contributed by atoms with van der Waals surface area (Å²) in [6, 6.07) is -0.0798. The molecule has 2 aliphatic carbocycles. The molecule has 1 aliphatic heterocycles. The molecular weight excluding hydrogens is 272 g/mol. The number of hydrogen-bond donors (Lipinski definition) is 0. The summed E-state index contributed by atoms with van der Waals surface area (Å²) >= 11 is 0. The average molecular weight is 289 g/mol. The molecule has 3 aliphatic rings. The third kappa shape index (κ3) is 2.15. The Hall–Kier alpha value is -1.78. The third-order valence-corrected chi connectivity index (χ3v) is 4.64. The molecule has 0 N–H and O–H groups in total. The van der Waals surface area contributed by atoms with Crippen LogP contribution in [0, 0.1) is 11.8 Å². The lowest BCUT2D eigenvalue weighted by atomic mass is 9.91. The summed E-state index contributed by atoms with van der Waals surface area (Å²) in [7, 11) is 0. The lowest BCUT2D eigenvalue weighted by Crippen LogP contribution is -2.17. The molecule has 1 saturated carbocycles. The summed E-state index contributed by atoms with van der Waals surface area (Å²) in [5.74, 6) is 1.31. The minimum Gasteiger partial charge on any atom is -0.243 e. The fourth-order valence-electron chi connectivity index (χ4n) is 3.21. The summed E-state index contributed by atoms with van der Waals surface area (Å²) in [5, 5.41) is 4.50. The summed E-state index contributed by atoms with van der Waals surface area (Å²) in [6.07, 6.45) is 6.94. The van der Waals surface area contributed by atoms with Gasteiger partial charge in [0, 0.05) is 12.3 Å². The Morgan fingerprint density at radius 1 is 1.38 bits per heavy atom. The first-order valence-corrected chi connectivity index (χ1v) is 7.47. The number of halogens is 2. The average Bonchev–Trinajstić information content (AvgIpc) is 3.16. The van der Waals surface area contributed by atoms with Gasteiger partial charge in [-0.1, -0.05) is 12.7 Å². The van der Waals surface area contributed by atoms with E-state index >= 15 is 0 Å². The van der Waals surface area contributed by atoms with Gasteiger partial charge < -0.3 is 0 Å². The van der Waals surface area contributed by atoms with Gasteiger partial charge in [-0.3, -0.25) is 0 Å². The lowest BCUT2D eigenvalue weighted by Gasteiger charge is -2.21. The fourth-order valence-corrected chi connectivity index (χ4v) is 3.21. The molecule has 110 valence electrons. The highest BCUT2D eigenvalue weighted by Gasteiger charge is 2.39. The molecule has 5 heteroatoms. The van der Waals surface area contributed by atoms with Crippen LogP contribution in [0.25, 0.3) is 5.57 Å². The molecule has 1 aromatic rings. The van der Waals surface area contributed by atoms with E-state index in [1.54, 1.807) is 10.8 Å². The Kier molecular flexibility index (Phi) is 2.84. The summed E-state index contributed by atoms with van der Waals surface area (Å²) < 4.78 is 29.0. The largest absolute Gasteiger partial charge is 0.243 e. The SMILES string of the molecule is C=C(c1nc2n(n1)[C@H](C1C=CC(F)=CC1)C[C@@H]2F)C1CC1. The topological polar surface area (TPSA) is 30.7 Å². The van der Waals surface area contributed by atoms with Crippen LogP contribution in [0.2, 0.25) is 0 Å². The Bertz CT molecular complexity index is 654. The van der Waals surface area contributed by atoms with Crippen molar-refractivity contribution in [3.05, 3.63) is 42.3 Å². The van der Waals surface area contributed by atoms with Crippen LogP contribution in [0.15, 0.2) is 30.6 Å². The van der Waals surface area contributed by atoms with E-state index in [1.165, 1.54) is 6.08 Å². The predicted molar refractivity (Wildman–Crippen MR) is 75.7 cm³/mol. The van der Waals surface area contributed by atoms with Crippen LogP contribution >= 0.6 is 0 Å². The van der Waals surface area contributed by atoms with E-state index in [0.29, 0.717) is 30.4 Å². The Balaban J connectivity index is 1.62. The van der Waals surface area contributed by atoms with Crippen LogP contribution in [0.1, 0.15) is 49.5 Å². The van der Waals surface area contributed by atoms with Crippen LogP contribution in [-0.2, 0) is 0 Å². The summed E-state index contributed by atoms with van der Waals surface area (Å²) in [6.45, 7) is 4.04. The molecule has 1 fully saturated rings. The number of fused-ring (bicyclic) bond motifs is 1. The molecule has 0 bridgehead atoms. The Morgan fingerprint density at radius 3 is 2.86 bits per heavy atom. The fraction of sp³-hybridized carbons (Fsp3) is 0.500. The minimum absolute atomic E-state index is 0.0766. The maximum atomic E-state index is 14.2. The van der Waals surface area contributed by atoms with Crippen molar-refractivity contribution in [1.82, 2.24) is 14.8 Å². The molecule has 0 saturated heterocycles. The molecule has 4 rings (SSSR count). The zero-order valence-corrected chi connectivity index (χ0v) is 11.7. The second-order valence-corrected chi connectivity index (χ2v) is 6.16. The minimum atomic E-state index is -1.09. The number of nitrogens with zero attached hydrogens (tertiary/aromatic N) is 3. The maximum Gasteiger partial charge on any atom is 0.177 e. The van der Waals surface area contributed by atoms with Gasteiger partial charge in [0.25, 0.3) is 0 Å². The van der Waals surface area contributed by atoms with Crippen LogP contribution < -0.4 is 0 Å². The molecule has 2 heterocycles. The number of hydrogen-bond acceptors (Lipinski definition) is 2. The highest BCUT2D eigenvalue weighted by atomic mass is 19.1. The first-order valence-electron chi connectivity index (χ1n) is 7.47. The maximum absolute atomic E-state index is 14.2. The smallest absolute Gasteiger partial charge is 0.177 e. The number of rotatable bonds is 3. The van der Waals surface area contributed by atoms with E-state index in [9.17, 15) is 8.78 Å². The molecule has 21 heavy (non-hydrogen) atoms. The predicted octanol–water partition coefficient (Wildman–Crippen LogP) is 4.09. The van der Waals surface area contributed by atoms with E-state index in [2.05, 4.69) is 16.7 Å². The third-order valence-electron chi connectivity index (χ3n) is 4.64. The normalized spacial score (nSPS) is 31.1. The van der Waals surface area contributed by atoms with E-state index in [-0.39, 0.29) is 17.8 Å². The van der Waals surface area contributed by atoms with Gasteiger partial charge in [0.05, 0.1) is 6.04 Å². The Morgan fingerprint density at radius 2 is 2.19 bits per heavy atom. The highest BCUT2D eigenvalue weighted by molar-refractivity contribution is 5.61. The van der Waals surface area contributed by atoms with Gasteiger partial charge in [-0.15, -0.1) is 0 Å². The molecule has 0 radical (unpaired) electrons. The van der Waals surface area contributed by atoms with Crippen molar-refractivity contribution in [2.45, 2.75) is 37.9 Å². The lowest BCUT2D eigenvalue weighted by molar-refractivity contribution is 0.290. The van der Waals surface area contributed by atoms with Gasteiger partial charge in [-0.25, -0.2) is 18.4 Å². The van der Waals surface area contributed by atoms with Crippen LogP contribution in [0.5, 0.6) is 0 Å². The van der Waals surface area contributed by atoms with Crippen molar-refractivity contribution >= 4 is 5.57 Å². The van der Waals surface area contributed by atoms with Crippen molar-refractivity contribution in [3.8, 4) is 0 Å². The van der Waals surface area contributed by atoms with Crippen LogP contribution in [0.4, 0.5) is 8.78 Å². The molecule has 3 nitrogen and oxygen atoms in total. The van der Waals surface area contributed by atoms with Crippen molar-refractivity contribution in [2.24, 2.45) is 11.8 Å². The quantitative estimate of drug-likeness (QED) is 0.839. The van der Waals surface area contributed by atoms with E-state index < -0.39 is 6.17 Å². The highest BCUT2D eigenvalue weighted by Crippen LogP contribution is 2.45. The van der Waals surface area contributed by atoms with Gasteiger partial charge in [-0.2, -0.15) is 5.10 Å². The van der Waals surface area contributed by atoms with E-state index in [4.69, 9.17) is 0 Å². The van der Waals surface area contributed by atoms with E-state index in [1.807, 2.05) is 6.08 Å². The number of alkyl halides is 1. The molecule has 1 unspecified atom stereocenters. The first kappa shape index (κ1) is 12.9. The van der Waals surface area contributed by atoms with Gasteiger partial charge in [-0.05, 0) is 42.9 Å². The van der Waals surface area contributed by atoms with Crippen LogP contribution in [0.3, 0.4) is 0 Å². The molecular formula is C16H17F2N3. The molecule has 0 amide bonds. The van der Waals surface area contributed by atoms with Crippen molar-refractivity contribution in [3.63, 3.8) is 0 Å². The summed E-state index contributed by atoms with van der Waals surface area (Å²) in [4.78, 5) is 4.36. The molecule has 3 atom stereocenters. The van der Waals surface area contributed by atoms with E-state index in [0.717, 1.165) is 18.4 Å². The molecule has 1 aromatic heterocycles. The van der Waals surface area contributed by atoms with Crippen molar-refractivity contribution in [2.75, 3.05) is 0 Å².